The summed E-state index contributed by atoms with van der Waals surface area (Å²) in [5.74, 6) is -0.631. The Hall–Kier alpha value is -3.60. The van der Waals surface area contributed by atoms with Crippen LogP contribution in [0.25, 0.3) is 12.2 Å². The van der Waals surface area contributed by atoms with Crippen LogP contribution in [-0.2, 0) is 0 Å². The minimum atomic E-state index is -1.04. The summed E-state index contributed by atoms with van der Waals surface area (Å²) in [5.41, 5.74) is 2.96. The van der Waals surface area contributed by atoms with Crippen LogP contribution < -0.4 is 10.1 Å². The number of hydrogen-bond acceptors (Lipinski definition) is 3. The third-order valence-electron chi connectivity index (χ3n) is 3.96. The van der Waals surface area contributed by atoms with Gasteiger partial charge in [-0.15, -0.1) is 0 Å². The average molecular weight is 363 g/mol. The Morgan fingerprint density at radius 1 is 1.00 bits per heavy atom. The SMILES string of the molecule is COc1cccc(C=Cc2ccc(C(=O)O)c(Nc3ccc(F)cc3)c2)c1. The zero-order valence-electron chi connectivity index (χ0n) is 14.6. The van der Waals surface area contributed by atoms with Crippen molar-refractivity contribution in [1.29, 1.82) is 0 Å². The number of carbonyl (C=O) groups is 1. The molecule has 3 aromatic rings. The molecule has 0 aliphatic rings. The lowest BCUT2D eigenvalue weighted by Gasteiger charge is -2.11. The Labute approximate surface area is 156 Å². The molecule has 0 saturated heterocycles. The van der Waals surface area contributed by atoms with Crippen molar-refractivity contribution in [3.63, 3.8) is 0 Å². The van der Waals surface area contributed by atoms with Gasteiger partial charge in [0.25, 0.3) is 0 Å². The number of carboxylic acids is 1. The lowest BCUT2D eigenvalue weighted by Crippen LogP contribution is -2.03. The Balaban J connectivity index is 1.89. The van der Waals surface area contributed by atoms with Gasteiger partial charge in [0, 0.05) is 5.69 Å². The van der Waals surface area contributed by atoms with Crippen LogP contribution >= 0.6 is 0 Å². The first-order valence-electron chi connectivity index (χ1n) is 8.27. The van der Waals surface area contributed by atoms with Gasteiger partial charge in [-0.3, -0.25) is 0 Å². The van der Waals surface area contributed by atoms with Crippen LogP contribution in [0.4, 0.5) is 15.8 Å². The predicted molar refractivity (Wildman–Crippen MR) is 105 cm³/mol. The summed E-state index contributed by atoms with van der Waals surface area (Å²) >= 11 is 0. The van der Waals surface area contributed by atoms with E-state index >= 15 is 0 Å². The molecule has 0 aromatic heterocycles. The molecule has 0 atom stereocenters. The number of anilines is 2. The average Bonchev–Trinajstić information content (AvgIpc) is 2.68. The second kappa shape index (κ2) is 8.19. The molecule has 0 bridgehead atoms. The molecule has 4 nitrogen and oxygen atoms in total. The summed E-state index contributed by atoms with van der Waals surface area (Å²) < 4.78 is 18.3. The van der Waals surface area contributed by atoms with Gasteiger partial charge < -0.3 is 15.2 Å². The maximum Gasteiger partial charge on any atom is 0.337 e. The molecule has 2 N–H and O–H groups in total. The monoisotopic (exact) mass is 363 g/mol. The van der Waals surface area contributed by atoms with E-state index < -0.39 is 5.97 Å². The number of rotatable bonds is 6. The first-order valence-corrected chi connectivity index (χ1v) is 8.27. The van der Waals surface area contributed by atoms with Crippen LogP contribution in [0.15, 0.2) is 66.7 Å². The largest absolute Gasteiger partial charge is 0.497 e. The van der Waals surface area contributed by atoms with Gasteiger partial charge in [-0.25, -0.2) is 9.18 Å². The highest BCUT2D eigenvalue weighted by atomic mass is 19.1. The van der Waals surface area contributed by atoms with Gasteiger partial charge in [-0.1, -0.05) is 30.4 Å². The summed E-state index contributed by atoms with van der Waals surface area (Å²) in [6.07, 6.45) is 3.80. The smallest absolute Gasteiger partial charge is 0.337 e. The molecular formula is C22H18FNO3. The highest BCUT2D eigenvalue weighted by Crippen LogP contribution is 2.24. The zero-order chi connectivity index (χ0) is 19.2. The van der Waals surface area contributed by atoms with Gasteiger partial charge in [0.2, 0.25) is 0 Å². The van der Waals surface area contributed by atoms with Gasteiger partial charge in [0.05, 0.1) is 18.4 Å². The maximum absolute atomic E-state index is 13.1. The van der Waals surface area contributed by atoms with Gasteiger partial charge in [-0.2, -0.15) is 0 Å². The van der Waals surface area contributed by atoms with E-state index in [1.54, 1.807) is 37.4 Å². The van der Waals surface area contributed by atoms with Gasteiger partial charge >= 0.3 is 5.97 Å². The highest BCUT2D eigenvalue weighted by Gasteiger charge is 2.10. The van der Waals surface area contributed by atoms with Crippen molar-refractivity contribution in [2.75, 3.05) is 12.4 Å². The van der Waals surface area contributed by atoms with Crippen LogP contribution in [0, 0.1) is 5.82 Å². The molecule has 3 rings (SSSR count). The van der Waals surface area contributed by atoms with E-state index in [-0.39, 0.29) is 11.4 Å². The summed E-state index contributed by atoms with van der Waals surface area (Å²) in [5, 5.41) is 12.4. The van der Waals surface area contributed by atoms with E-state index in [2.05, 4.69) is 5.32 Å². The van der Waals surface area contributed by atoms with E-state index in [4.69, 9.17) is 4.74 Å². The van der Waals surface area contributed by atoms with E-state index in [0.29, 0.717) is 11.4 Å². The number of aromatic carboxylic acids is 1. The quantitative estimate of drug-likeness (QED) is 0.572. The first-order chi connectivity index (χ1) is 13.0. The van der Waals surface area contributed by atoms with E-state index in [1.165, 1.54) is 12.1 Å². The van der Waals surface area contributed by atoms with Gasteiger partial charge in [0.1, 0.15) is 11.6 Å². The topological polar surface area (TPSA) is 58.6 Å². The minimum Gasteiger partial charge on any atom is -0.497 e. The molecule has 0 radical (unpaired) electrons. The van der Waals surface area contributed by atoms with Crippen molar-refractivity contribution in [3.8, 4) is 5.75 Å². The molecule has 0 spiro atoms. The van der Waals surface area contributed by atoms with Crippen LogP contribution in [0.2, 0.25) is 0 Å². The number of hydrogen-bond donors (Lipinski definition) is 2. The maximum atomic E-state index is 13.1. The fraction of sp³-hybridized carbons (Fsp3) is 0.0455. The number of nitrogens with one attached hydrogen (secondary N) is 1. The van der Waals surface area contributed by atoms with Crippen molar-refractivity contribution in [2.45, 2.75) is 0 Å². The summed E-state index contributed by atoms with van der Waals surface area (Å²) in [6, 6.07) is 18.4. The Bertz CT molecular complexity index is 981. The lowest BCUT2D eigenvalue weighted by atomic mass is 10.1. The normalized spacial score (nSPS) is 10.7. The third kappa shape index (κ3) is 4.73. The van der Waals surface area contributed by atoms with E-state index in [9.17, 15) is 14.3 Å². The van der Waals surface area contributed by atoms with Crippen LogP contribution in [0.5, 0.6) is 5.75 Å². The molecule has 0 fully saturated rings. The third-order valence-corrected chi connectivity index (χ3v) is 3.96. The summed E-state index contributed by atoms with van der Waals surface area (Å²) in [6.45, 7) is 0. The van der Waals surface area contributed by atoms with Gasteiger partial charge in [0.15, 0.2) is 0 Å². The molecule has 0 unspecified atom stereocenters. The number of methoxy groups -OCH3 is 1. The molecule has 0 amide bonds. The fourth-order valence-corrected chi connectivity index (χ4v) is 2.58. The molecule has 0 saturated carbocycles. The molecule has 3 aromatic carbocycles. The lowest BCUT2D eigenvalue weighted by molar-refractivity contribution is 0.0698. The van der Waals surface area contributed by atoms with E-state index in [0.717, 1.165) is 16.9 Å². The second-order valence-electron chi connectivity index (χ2n) is 5.85. The standard InChI is InChI=1S/C22H18FNO3/c1-27-19-4-2-3-15(13-19)5-6-16-7-12-20(22(25)26)21(14-16)24-18-10-8-17(23)9-11-18/h2-14,24H,1H3,(H,25,26). The van der Waals surface area contributed by atoms with Crippen molar-refractivity contribution in [3.05, 3.63) is 89.2 Å². The van der Waals surface area contributed by atoms with E-state index in [1.807, 2.05) is 36.4 Å². The van der Waals surface area contributed by atoms with Crippen molar-refractivity contribution < 1.29 is 19.0 Å². The predicted octanol–water partition coefficient (Wildman–Crippen LogP) is 5.45. The van der Waals surface area contributed by atoms with Gasteiger partial charge in [-0.05, 0) is 59.7 Å². The van der Waals surface area contributed by atoms with Crippen LogP contribution in [0.3, 0.4) is 0 Å². The molecule has 5 heteroatoms. The number of benzene rings is 3. The Morgan fingerprint density at radius 3 is 2.37 bits per heavy atom. The van der Waals surface area contributed by atoms with Crippen LogP contribution in [0.1, 0.15) is 21.5 Å². The summed E-state index contributed by atoms with van der Waals surface area (Å²) in [7, 11) is 1.61. The van der Waals surface area contributed by atoms with Crippen molar-refractivity contribution in [2.24, 2.45) is 0 Å². The molecular weight excluding hydrogens is 345 g/mol. The Kier molecular flexibility index (Phi) is 5.52. The molecule has 0 aliphatic heterocycles. The Morgan fingerprint density at radius 2 is 1.70 bits per heavy atom. The minimum absolute atomic E-state index is 0.137. The summed E-state index contributed by atoms with van der Waals surface area (Å²) in [4.78, 5) is 11.5. The highest BCUT2D eigenvalue weighted by molar-refractivity contribution is 5.96. The molecule has 136 valence electrons. The van der Waals surface area contributed by atoms with Crippen molar-refractivity contribution >= 4 is 29.5 Å². The van der Waals surface area contributed by atoms with Crippen molar-refractivity contribution in [1.82, 2.24) is 0 Å². The zero-order valence-corrected chi connectivity index (χ0v) is 14.6. The van der Waals surface area contributed by atoms with Crippen LogP contribution in [-0.4, -0.2) is 18.2 Å². The second-order valence-corrected chi connectivity index (χ2v) is 5.85. The molecule has 0 aliphatic carbocycles. The molecule has 27 heavy (non-hydrogen) atoms. The fourth-order valence-electron chi connectivity index (χ4n) is 2.58. The molecule has 0 heterocycles. The number of halogens is 1. The first kappa shape index (κ1) is 18.2. The number of ether oxygens (including phenoxy) is 1. The number of carboxylic acid groups (broad SMARTS) is 1.